The second-order valence-electron chi connectivity index (χ2n) is 6.79. The Balaban J connectivity index is 1.75. The lowest BCUT2D eigenvalue weighted by atomic mass is 10.0. The molecule has 1 N–H and O–H groups in total. The van der Waals surface area contributed by atoms with Crippen LogP contribution < -0.4 is 9.46 Å². The smallest absolute Gasteiger partial charge is 0.240 e. The van der Waals surface area contributed by atoms with E-state index in [0.29, 0.717) is 18.0 Å². The molecule has 2 aromatic carbocycles. The summed E-state index contributed by atoms with van der Waals surface area (Å²) in [6.07, 6.45) is 1.74. The minimum absolute atomic E-state index is 0.0339. The van der Waals surface area contributed by atoms with Gasteiger partial charge < -0.3 is 9.64 Å². The van der Waals surface area contributed by atoms with E-state index in [1.54, 1.807) is 18.2 Å². The number of aryl methyl sites for hydroxylation is 1. The van der Waals surface area contributed by atoms with E-state index < -0.39 is 10.0 Å². The standard InChI is InChI=1S/C20H26N2O3S/c1-4-15-5-7-16(8-6-15)19(22(2)3)14-21-26(23,24)18-9-10-20-17(13-18)11-12-25-20/h5-10,13,19,21H,4,11-12,14H2,1-3H3. The fourth-order valence-corrected chi connectivity index (χ4v) is 4.26. The summed E-state index contributed by atoms with van der Waals surface area (Å²) in [5.41, 5.74) is 3.32. The molecule has 0 aromatic heterocycles. The SMILES string of the molecule is CCc1ccc(C(CNS(=O)(=O)c2ccc3c(c2)CCO3)N(C)C)cc1. The lowest BCUT2D eigenvalue weighted by Gasteiger charge is -2.25. The van der Waals surface area contributed by atoms with Crippen molar-refractivity contribution in [2.24, 2.45) is 0 Å². The largest absolute Gasteiger partial charge is 0.493 e. The molecule has 6 heteroatoms. The minimum atomic E-state index is -3.56. The van der Waals surface area contributed by atoms with Gasteiger partial charge in [-0.1, -0.05) is 31.2 Å². The highest BCUT2D eigenvalue weighted by atomic mass is 32.2. The summed E-state index contributed by atoms with van der Waals surface area (Å²) in [7, 11) is 0.352. The quantitative estimate of drug-likeness (QED) is 0.810. The molecule has 1 atom stereocenters. The Kier molecular flexibility index (Phi) is 5.65. The Morgan fingerprint density at radius 3 is 2.54 bits per heavy atom. The van der Waals surface area contributed by atoms with Crippen LogP contribution in [0.3, 0.4) is 0 Å². The summed E-state index contributed by atoms with van der Waals surface area (Å²) < 4.78 is 33.7. The molecule has 0 saturated heterocycles. The molecule has 0 amide bonds. The Labute approximate surface area is 156 Å². The molecule has 0 saturated carbocycles. The Morgan fingerprint density at radius 1 is 1.15 bits per heavy atom. The van der Waals surface area contributed by atoms with Crippen LogP contribution in [0.1, 0.15) is 29.7 Å². The molecule has 0 spiro atoms. The molecule has 26 heavy (non-hydrogen) atoms. The van der Waals surface area contributed by atoms with Crippen molar-refractivity contribution in [2.45, 2.75) is 30.7 Å². The predicted molar refractivity (Wildman–Crippen MR) is 103 cm³/mol. The lowest BCUT2D eigenvalue weighted by molar-refractivity contribution is 0.299. The van der Waals surface area contributed by atoms with E-state index in [-0.39, 0.29) is 6.04 Å². The number of hydrogen-bond donors (Lipinski definition) is 1. The van der Waals surface area contributed by atoms with Crippen LogP contribution in [0.5, 0.6) is 5.75 Å². The number of benzene rings is 2. The van der Waals surface area contributed by atoms with Crippen molar-refractivity contribution < 1.29 is 13.2 Å². The van der Waals surface area contributed by atoms with Crippen LogP contribution in [-0.4, -0.2) is 40.6 Å². The first-order valence-corrected chi connectivity index (χ1v) is 10.4. The molecule has 1 heterocycles. The van der Waals surface area contributed by atoms with Gasteiger partial charge in [-0.25, -0.2) is 13.1 Å². The van der Waals surface area contributed by atoms with Gasteiger partial charge in [0.25, 0.3) is 0 Å². The van der Waals surface area contributed by atoms with Crippen molar-refractivity contribution in [2.75, 3.05) is 27.2 Å². The highest BCUT2D eigenvalue weighted by Gasteiger charge is 2.22. The van der Waals surface area contributed by atoms with Crippen molar-refractivity contribution in [3.8, 4) is 5.75 Å². The fourth-order valence-electron chi connectivity index (χ4n) is 3.18. The molecule has 0 aliphatic carbocycles. The molecule has 1 aliphatic heterocycles. The van der Waals surface area contributed by atoms with Gasteiger partial charge in [-0.3, -0.25) is 0 Å². The number of nitrogens with one attached hydrogen (secondary N) is 1. The summed E-state index contributed by atoms with van der Waals surface area (Å²) >= 11 is 0. The molecule has 1 aliphatic rings. The summed E-state index contributed by atoms with van der Waals surface area (Å²) in [5, 5.41) is 0. The molecule has 0 bridgehead atoms. The first-order valence-electron chi connectivity index (χ1n) is 8.91. The Hall–Kier alpha value is -1.89. The van der Waals surface area contributed by atoms with Crippen LogP contribution in [0, 0.1) is 0 Å². The zero-order valence-electron chi connectivity index (χ0n) is 15.5. The van der Waals surface area contributed by atoms with Gasteiger partial charge >= 0.3 is 0 Å². The van der Waals surface area contributed by atoms with Crippen LogP contribution in [0.25, 0.3) is 0 Å². The number of likely N-dealkylation sites (N-methyl/N-ethyl adjacent to an activating group) is 1. The third kappa shape index (κ3) is 4.09. The Bertz CT molecular complexity index is 861. The average Bonchev–Trinajstić information content (AvgIpc) is 3.10. The Morgan fingerprint density at radius 2 is 1.88 bits per heavy atom. The lowest BCUT2D eigenvalue weighted by Crippen LogP contribution is -2.34. The van der Waals surface area contributed by atoms with Crippen LogP contribution >= 0.6 is 0 Å². The van der Waals surface area contributed by atoms with Crippen molar-refractivity contribution in [1.29, 1.82) is 0 Å². The van der Waals surface area contributed by atoms with Gasteiger partial charge in [-0.2, -0.15) is 0 Å². The summed E-state index contributed by atoms with van der Waals surface area (Å²) in [6.45, 7) is 3.05. The molecule has 0 fully saturated rings. The topological polar surface area (TPSA) is 58.6 Å². The maximum absolute atomic E-state index is 12.7. The summed E-state index contributed by atoms with van der Waals surface area (Å²) in [5.74, 6) is 0.783. The van der Waals surface area contributed by atoms with E-state index in [4.69, 9.17) is 4.74 Å². The molecule has 5 nitrogen and oxygen atoms in total. The van der Waals surface area contributed by atoms with Gasteiger partial charge in [0.15, 0.2) is 0 Å². The van der Waals surface area contributed by atoms with E-state index in [2.05, 4.69) is 35.9 Å². The van der Waals surface area contributed by atoms with Gasteiger partial charge in [-0.15, -0.1) is 0 Å². The number of hydrogen-bond acceptors (Lipinski definition) is 4. The fraction of sp³-hybridized carbons (Fsp3) is 0.400. The molecule has 1 unspecified atom stereocenters. The third-order valence-corrected chi connectivity index (χ3v) is 6.26. The molecule has 0 radical (unpaired) electrons. The van der Waals surface area contributed by atoms with E-state index in [9.17, 15) is 8.42 Å². The first-order chi connectivity index (χ1) is 12.4. The molecule has 2 aromatic rings. The maximum atomic E-state index is 12.7. The van der Waals surface area contributed by atoms with Crippen LogP contribution in [0.4, 0.5) is 0 Å². The number of sulfonamides is 1. The van der Waals surface area contributed by atoms with Crippen molar-refractivity contribution in [3.63, 3.8) is 0 Å². The van der Waals surface area contributed by atoms with Gasteiger partial charge in [0.1, 0.15) is 5.75 Å². The van der Waals surface area contributed by atoms with Gasteiger partial charge in [0, 0.05) is 19.0 Å². The number of nitrogens with zero attached hydrogens (tertiary/aromatic N) is 1. The number of ether oxygens (including phenoxy) is 1. The van der Waals surface area contributed by atoms with Gasteiger partial charge in [-0.05, 0) is 55.4 Å². The van der Waals surface area contributed by atoms with Crippen molar-refractivity contribution >= 4 is 10.0 Å². The monoisotopic (exact) mass is 374 g/mol. The summed E-state index contributed by atoms with van der Waals surface area (Å²) in [6, 6.07) is 13.4. The second-order valence-corrected chi connectivity index (χ2v) is 8.56. The van der Waals surface area contributed by atoms with Crippen molar-refractivity contribution in [3.05, 3.63) is 59.2 Å². The van der Waals surface area contributed by atoms with E-state index in [1.165, 1.54) is 5.56 Å². The highest BCUT2D eigenvalue weighted by molar-refractivity contribution is 7.89. The molecule has 140 valence electrons. The zero-order chi connectivity index (χ0) is 18.7. The second kappa shape index (κ2) is 7.78. The van der Waals surface area contributed by atoms with Crippen LogP contribution in [0.15, 0.2) is 47.4 Å². The normalized spacial score (nSPS) is 14.9. The predicted octanol–water partition coefficient (Wildman–Crippen LogP) is 2.77. The van der Waals surface area contributed by atoms with E-state index in [0.717, 1.165) is 29.7 Å². The van der Waals surface area contributed by atoms with E-state index >= 15 is 0 Å². The minimum Gasteiger partial charge on any atom is -0.493 e. The van der Waals surface area contributed by atoms with Crippen molar-refractivity contribution in [1.82, 2.24) is 9.62 Å². The highest BCUT2D eigenvalue weighted by Crippen LogP contribution is 2.28. The molecular weight excluding hydrogens is 348 g/mol. The molecule has 3 rings (SSSR count). The maximum Gasteiger partial charge on any atom is 0.240 e. The van der Waals surface area contributed by atoms with Crippen LogP contribution in [0.2, 0.25) is 0 Å². The third-order valence-electron chi connectivity index (χ3n) is 4.83. The van der Waals surface area contributed by atoms with Gasteiger partial charge in [0.05, 0.1) is 11.5 Å². The summed E-state index contributed by atoms with van der Waals surface area (Å²) in [4.78, 5) is 2.32. The number of fused-ring (bicyclic) bond motifs is 1. The first kappa shape index (κ1) is 18.9. The van der Waals surface area contributed by atoms with Crippen LogP contribution in [-0.2, 0) is 22.9 Å². The number of rotatable bonds is 7. The average molecular weight is 375 g/mol. The zero-order valence-corrected chi connectivity index (χ0v) is 16.3. The van der Waals surface area contributed by atoms with E-state index in [1.807, 2.05) is 19.0 Å². The van der Waals surface area contributed by atoms with Gasteiger partial charge in [0.2, 0.25) is 10.0 Å². The molecular formula is C20H26N2O3S.